The van der Waals surface area contributed by atoms with Crippen LogP contribution in [0.5, 0.6) is 5.75 Å². The van der Waals surface area contributed by atoms with Crippen molar-refractivity contribution in [3.8, 4) is 22.8 Å². The van der Waals surface area contributed by atoms with Crippen molar-refractivity contribution in [3.05, 3.63) is 98.5 Å². The maximum absolute atomic E-state index is 16.6. The second kappa shape index (κ2) is 12.0. The summed E-state index contributed by atoms with van der Waals surface area (Å²) in [6.07, 6.45) is 8.24. The molecule has 5 heterocycles. The highest BCUT2D eigenvalue weighted by molar-refractivity contribution is 6.31. The van der Waals surface area contributed by atoms with E-state index >= 15 is 4.39 Å². The summed E-state index contributed by atoms with van der Waals surface area (Å²) in [5, 5.41) is 2.12. The van der Waals surface area contributed by atoms with Crippen molar-refractivity contribution in [1.82, 2.24) is 29.8 Å². The fourth-order valence-electron chi connectivity index (χ4n) is 4.62. The molecule has 0 radical (unpaired) electrons. The Bertz CT molecular complexity index is 1920. The molecule has 1 aliphatic heterocycles. The van der Waals surface area contributed by atoms with E-state index in [4.69, 9.17) is 19.1 Å². The lowest BCUT2D eigenvalue weighted by atomic mass is 10.0. The van der Waals surface area contributed by atoms with Crippen LogP contribution in [-0.2, 0) is 23.3 Å². The van der Waals surface area contributed by atoms with Gasteiger partial charge in [0.25, 0.3) is 5.56 Å². The van der Waals surface area contributed by atoms with Crippen LogP contribution in [0, 0.1) is 17.5 Å². The number of nitrogens with one attached hydrogen (secondary N) is 1. The number of carbonyl (C=O) groups excluding carboxylic acids is 1. The number of fused-ring (bicyclic) bond motifs is 3. The number of hydrogen-bond acceptors (Lipinski definition) is 7. The standard InChI is InChI=1S/C30H26ClF3N6O3/c1-16(41)39-30(2,3)29-35-10-9-21(38-29)26-25(34)27-17(13-37-26)7-5-4-6-8-19-12-23(24(31)28(42)40(19)27)43-15-22-20(33)11-18(32)14-36-22/h6,8-14H,4-5,7,15H2,1-3H3,(H,39,41)/b8-6+/i15D2. The quantitative estimate of drug-likeness (QED) is 0.308. The Morgan fingerprint density at radius 2 is 2.00 bits per heavy atom. The summed E-state index contributed by atoms with van der Waals surface area (Å²) in [5.41, 5.74) is -2.57. The molecule has 13 heteroatoms. The summed E-state index contributed by atoms with van der Waals surface area (Å²) < 4.78 is 67.2. The molecule has 0 saturated heterocycles. The van der Waals surface area contributed by atoms with Gasteiger partial charge in [-0.1, -0.05) is 17.7 Å². The van der Waals surface area contributed by atoms with Gasteiger partial charge in [-0.3, -0.25) is 24.1 Å². The average molecular weight is 613 g/mol. The van der Waals surface area contributed by atoms with Crippen molar-refractivity contribution in [2.24, 2.45) is 0 Å². The minimum Gasteiger partial charge on any atom is -0.485 e. The molecule has 0 atom stereocenters. The largest absolute Gasteiger partial charge is 0.485 e. The first-order valence-corrected chi connectivity index (χ1v) is 13.5. The molecule has 0 bridgehead atoms. The number of aryl methyl sites for hydroxylation is 1. The molecule has 0 spiro atoms. The number of allylic oxidation sites excluding steroid dienone is 1. The molecule has 0 aromatic carbocycles. The molecule has 43 heavy (non-hydrogen) atoms. The molecule has 5 rings (SSSR count). The normalized spacial score (nSPS) is 14.7. The lowest BCUT2D eigenvalue weighted by Crippen LogP contribution is -2.41. The highest BCUT2D eigenvalue weighted by Gasteiger charge is 2.28. The zero-order valence-corrected chi connectivity index (χ0v) is 24.0. The molecule has 0 saturated carbocycles. The number of carbonyl (C=O) groups is 1. The average Bonchev–Trinajstić information content (AvgIpc) is 3.04. The smallest absolute Gasteiger partial charge is 0.278 e. The van der Waals surface area contributed by atoms with E-state index in [0.29, 0.717) is 37.1 Å². The Kier molecular flexibility index (Phi) is 7.58. The molecular formula is C30H26ClF3N6O3. The summed E-state index contributed by atoms with van der Waals surface area (Å²) in [6.45, 7) is 1.76. The molecule has 1 N–H and O–H groups in total. The number of nitrogens with zero attached hydrogens (tertiary/aromatic N) is 5. The van der Waals surface area contributed by atoms with E-state index < -0.39 is 51.6 Å². The molecule has 0 aliphatic carbocycles. The molecule has 4 aromatic heterocycles. The third-order valence-corrected chi connectivity index (χ3v) is 6.90. The lowest BCUT2D eigenvalue weighted by Gasteiger charge is -2.24. The first kappa shape index (κ1) is 27.3. The summed E-state index contributed by atoms with van der Waals surface area (Å²) >= 11 is 6.40. The van der Waals surface area contributed by atoms with Gasteiger partial charge in [-0.15, -0.1) is 0 Å². The Labute approximate surface area is 252 Å². The number of amides is 1. The van der Waals surface area contributed by atoms with Gasteiger partial charge >= 0.3 is 0 Å². The third kappa shape index (κ3) is 6.14. The van der Waals surface area contributed by atoms with E-state index in [1.165, 1.54) is 37.5 Å². The van der Waals surface area contributed by atoms with Gasteiger partial charge in [0, 0.05) is 31.5 Å². The van der Waals surface area contributed by atoms with Gasteiger partial charge in [-0.2, -0.15) is 0 Å². The van der Waals surface area contributed by atoms with E-state index in [-0.39, 0.29) is 34.5 Å². The van der Waals surface area contributed by atoms with Crippen LogP contribution in [0.4, 0.5) is 13.2 Å². The Morgan fingerprint density at radius 3 is 2.74 bits per heavy atom. The van der Waals surface area contributed by atoms with E-state index in [2.05, 4.69) is 25.3 Å². The maximum Gasteiger partial charge on any atom is 0.278 e. The van der Waals surface area contributed by atoms with Crippen LogP contribution in [0.15, 0.2) is 47.7 Å². The first-order chi connectivity index (χ1) is 21.2. The number of halogens is 4. The van der Waals surface area contributed by atoms with Gasteiger partial charge in [0.1, 0.15) is 34.5 Å². The predicted molar refractivity (Wildman–Crippen MR) is 153 cm³/mol. The van der Waals surface area contributed by atoms with Crippen molar-refractivity contribution in [1.29, 1.82) is 0 Å². The highest BCUT2D eigenvalue weighted by Crippen LogP contribution is 2.32. The van der Waals surface area contributed by atoms with Crippen LogP contribution in [0.25, 0.3) is 23.2 Å². The molecule has 9 nitrogen and oxygen atoms in total. The van der Waals surface area contributed by atoms with Gasteiger partial charge in [0.2, 0.25) is 5.91 Å². The van der Waals surface area contributed by atoms with E-state index in [0.717, 1.165) is 4.57 Å². The number of hydrogen-bond donors (Lipinski definition) is 1. The number of ether oxygens (including phenoxy) is 1. The van der Waals surface area contributed by atoms with Crippen molar-refractivity contribution < 1.29 is 25.4 Å². The highest BCUT2D eigenvalue weighted by atomic mass is 35.5. The molecule has 4 aromatic rings. The molecule has 0 unspecified atom stereocenters. The molecule has 222 valence electrons. The molecule has 0 fully saturated rings. The van der Waals surface area contributed by atoms with Crippen LogP contribution in [0.2, 0.25) is 5.02 Å². The van der Waals surface area contributed by atoms with Gasteiger partial charge < -0.3 is 10.1 Å². The summed E-state index contributed by atoms with van der Waals surface area (Å²) in [5.74, 6) is -3.79. The fourth-order valence-corrected chi connectivity index (χ4v) is 4.80. The second-order valence-corrected chi connectivity index (χ2v) is 10.6. The van der Waals surface area contributed by atoms with Gasteiger partial charge in [0.05, 0.1) is 31.6 Å². The number of rotatable bonds is 6. The predicted octanol–water partition coefficient (Wildman–Crippen LogP) is 5.45. The van der Waals surface area contributed by atoms with Gasteiger partial charge in [0.15, 0.2) is 17.5 Å². The van der Waals surface area contributed by atoms with Gasteiger partial charge in [-0.05, 0) is 50.8 Å². The third-order valence-electron chi connectivity index (χ3n) is 6.55. The van der Waals surface area contributed by atoms with E-state index in [1.807, 2.05) is 0 Å². The number of aromatic nitrogens is 5. The topological polar surface area (TPSA) is 112 Å². The van der Waals surface area contributed by atoms with Crippen molar-refractivity contribution >= 4 is 23.6 Å². The second-order valence-electron chi connectivity index (χ2n) is 10.2. The van der Waals surface area contributed by atoms with E-state index in [1.54, 1.807) is 19.9 Å². The summed E-state index contributed by atoms with van der Waals surface area (Å²) in [6, 6.07) is 3.10. The summed E-state index contributed by atoms with van der Waals surface area (Å²) in [4.78, 5) is 42.0. The van der Waals surface area contributed by atoms with Gasteiger partial charge in [-0.25, -0.2) is 23.1 Å². The zero-order chi connectivity index (χ0) is 32.7. The summed E-state index contributed by atoms with van der Waals surface area (Å²) in [7, 11) is 0. The monoisotopic (exact) mass is 612 g/mol. The van der Waals surface area contributed by atoms with Crippen LogP contribution >= 0.6 is 11.6 Å². The first-order valence-electron chi connectivity index (χ1n) is 14.1. The zero-order valence-electron chi connectivity index (χ0n) is 25.2. The Morgan fingerprint density at radius 1 is 1.21 bits per heavy atom. The minimum atomic E-state index is -2.97. The van der Waals surface area contributed by atoms with Crippen LogP contribution in [-0.4, -0.2) is 30.4 Å². The number of pyridine rings is 3. The van der Waals surface area contributed by atoms with E-state index in [9.17, 15) is 18.4 Å². The minimum absolute atomic E-state index is 0.0807. The van der Waals surface area contributed by atoms with Crippen LogP contribution in [0.3, 0.4) is 0 Å². The molecule has 1 amide bonds. The maximum atomic E-state index is 16.6. The Balaban J connectivity index is 1.66. The SMILES string of the molecule is [2H]C([2H])(Oc1cc2n(c(=O)c1Cl)-c1c(cnc(-c3ccnc(C(C)(C)NC(C)=O)n3)c1F)CCC/C=C/2)c1ncc(F)cc1F. The fraction of sp³-hybridized carbons (Fsp3) is 0.267. The van der Waals surface area contributed by atoms with Crippen LogP contribution in [0.1, 0.15) is 59.1 Å². The Hall–Kier alpha value is -4.58. The molecule has 1 aliphatic rings. The lowest BCUT2D eigenvalue weighted by molar-refractivity contribution is -0.120. The molecular weight excluding hydrogens is 585 g/mol. The van der Waals surface area contributed by atoms with Crippen molar-refractivity contribution in [3.63, 3.8) is 0 Å². The van der Waals surface area contributed by atoms with Crippen molar-refractivity contribution in [2.45, 2.75) is 52.1 Å². The van der Waals surface area contributed by atoms with Crippen molar-refractivity contribution in [2.75, 3.05) is 0 Å². The van der Waals surface area contributed by atoms with Crippen LogP contribution < -0.4 is 15.6 Å².